The van der Waals surface area contributed by atoms with E-state index in [0.717, 1.165) is 11.3 Å². The largest absolute Gasteiger partial charge is 0.380 e. The molecule has 5 heteroatoms. The number of amides is 2. The van der Waals surface area contributed by atoms with Gasteiger partial charge in [-0.2, -0.15) is 0 Å². The fourth-order valence-electron chi connectivity index (χ4n) is 3.40. The van der Waals surface area contributed by atoms with E-state index in [9.17, 15) is 4.79 Å². The lowest BCUT2D eigenvalue weighted by Crippen LogP contribution is -2.35. The minimum Gasteiger partial charge on any atom is -0.380 e. The summed E-state index contributed by atoms with van der Waals surface area (Å²) in [6, 6.07) is 11.9. The summed E-state index contributed by atoms with van der Waals surface area (Å²) in [7, 11) is 1.66. The van der Waals surface area contributed by atoms with E-state index in [1.165, 1.54) is 30.6 Å². The first kappa shape index (κ1) is 17.0. The van der Waals surface area contributed by atoms with Gasteiger partial charge in [-0.05, 0) is 36.3 Å². The number of thiophene rings is 1. The van der Waals surface area contributed by atoms with E-state index in [-0.39, 0.29) is 12.1 Å². The number of anilines is 1. The molecule has 1 aliphatic carbocycles. The number of carbonyl (C=O) groups excluding carboxylic acids is 1. The first-order valence-corrected chi connectivity index (χ1v) is 9.33. The maximum Gasteiger partial charge on any atom is 0.319 e. The molecule has 2 amide bonds. The van der Waals surface area contributed by atoms with Gasteiger partial charge in [0.2, 0.25) is 0 Å². The molecule has 1 aliphatic rings. The Balaban J connectivity index is 1.70. The highest BCUT2D eigenvalue weighted by molar-refractivity contribution is 7.10. The molecule has 2 N–H and O–H groups in total. The monoisotopic (exact) mass is 344 g/mol. The maximum absolute atomic E-state index is 12.6. The summed E-state index contributed by atoms with van der Waals surface area (Å²) in [5.41, 5.74) is 1.77. The predicted octanol–water partition coefficient (Wildman–Crippen LogP) is 4.95. The van der Waals surface area contributed by atoms with Crippen LogP contribution in [0.4, 0.5) is 10.5 Å². The molecule has 1 aromatic carbocycles. The van der Waals surface area contributed by atoms with Gasteiger partial charge in [-0.15, -0.1) is 11.3 Å². The van der Waals surface area contributed by atoms with E-state index in [4.69, 9.17) is 4.74 Å². The van der Waals surface area contributed by atoms with Crippen LogP contribution >= 0.6 is 11.3 Å². The Morgan fingerprint density at radius 3 is 2.75 bits per heavy atom. The van der Waals surface area contributed by atoms with Crippen molar-refractivity contribution >= 4 is 23.1 Å². The Morgan fingerprint density at radius 1 is 1.25 bits per heavy atom. The SMILES string of the molecule is COCc1ccccc1NC(=O)NC(c1cccs1)C1CCCC1. The first-order valence-electron chi connectivity index (χ1n) is 8.45. The van der Waals surface area contributed by atoms with Crippen LogP contribution in [0.15, 0.2) is 41.8 Å². The van der Waals surface area contributed by atoms with E-state index >= 15 is 0 Å². The van der Waals surface area contributed by atoms with Gasteiger partial charge in [-0.3, -0.25) is 0 Å². The van der Waals surface area contributed by atoms with Crippen LogP contribution in [0.1, 0.15) is 42.2 Å². The number of hydrogen-bond donors (Lipinski definition) is 2. The van der Waals surface area contributed by atoms with Gasteiger partial charge in [-0.25, -0.2) is 4.79 Å². The lowest BCUT2D eigenvalue weighted by Gasteiger charge is -2.24. The first-order chi connectivity index (χ1) is 11.8. The van der Waals surface area contributed by atoms with Crippen LogP contribution in [0.2, 0.25) is 0 Å². The molecule has 24 heavy (non-hydrogen) atoms. The third-order valence-corrected chi connectivity index (χ3v) is 5.53. The Morgan fingerprint density at radius 2 is 2.04 bits per heavy atom. The molecule has 2 aromatic rings. The van der Waals surface area contributed by atoms with Crippen molar-refractivity contribution in [2.45, 2.75) is 38.3 Å². The number of hydrogen-bond acceptors (Lipinski definition) is 3. The Bertz CT molecular complexity index is 651. The predicted molar refractivity (Wildman–Crippen MR) is 98.3 cm³/mol. The van der Waals surface area contributed by atoms with Crippen LogP contribution in [0.3, 0.4) is 0 Å². The number of nitrogens with one attached hydrogen (secondary N) is 2. The fourth-order valence-corrected chi connectivity index (χ4v) is 4.27. The number of para-hydroxylation sites is 1. The van der Waals surface area contributed by atoms with Gasteiger partial charge in [0.1, 0.15) is 0 Å². The van der Waals surface area contributed by atoms with Gasteiger partial charge >= 0.3 is 6.03 Å². The molecule has 1 unspecified atom stereocenters. The molecule has 0 spiro atoms. The summed E-state index contributed by atoms with van der Waals surface area (Å²) >= 11 is 1.71. The molecule has 0 radical (unpaired) electrons. The van der Waals surface area contributed by atoms with Crippen molar-refractivity contribution in [1.29, 1.82) is 0 Å². The molecule has 0 aliphatic heterocycles. The van der Waals surface area contributed by atoms with Gasteiger partial charge in [0.15, 0.2) is 0 Å². The second-order valence-corrected chi connectivity index (χ2v) is 7.21. The molecule has 128 valence electrons. The summed E-state index contributed by atoms with van der Waals surface area (Å²) in [6.07, 6.45) is 4.88. The lowest BCUT2D eigenvalue weighted by atomic mass is 9.97. The summed E-state index contributed by atoms with van der Waals surface area (Å²) in [5.74, 6) is 0.531. The number of benzene rings is 1. The smallest absolute Gasteiger partial charge is 0.319 e. The highest BCUT2D eigenvalue weighted by atomic mass is 32.1. The van der Waals surface area contributed by atoms with Crippen molar-refractivity contribution in [2.24, 2.45) is 5.92 Å². The minimum atomic E-state index is -0.149. The zero-order valence-corrected chi connectivity index (χ0v) is 14.8. The average molecular weight is 344 g/mol. The van der Waals surface area contributed by atoms with Crippen molar-refractivity contribution in [2.75, 3.05) is 12.4 Å². The van der Waals surface area contributed by atoms with E-state index in [1.54, 1.807) is 18.4 Å². The number of carbonyl (C=O) groups is 1. The molecule has 1 heterocycles. The van der Waals surface area contributed by atoms with Gasteiger partial charge < -0.3 is 15.4 Å². The number of rotatable bonds is 6. The lowest BCUT2D eigenvalue weighted by molar-refractivity contribution is 0.185. The van der Waals surface area contributed by atoms with E-state index < -0.39 is 0 Å². The van der Waals surface area contributed by atoms with E-state index in [1.807, 2.05) is 24.3 Å². The third-order valence-electron chi connectivity index (χ3n) is 4.57. The zero-order valence-electron chi connectivity index (χ0n) is 14.0. The Kier molecular flexibility index (Phi) is 5.88. The molecular weight excluding hydrogens is 320 g/mol. The molecular formula is C19H24N2O2S. The standard InChI is InChI=1S/C19H24N2O2S/c1-23-13-15-9-4-5-10-16(15)20-19(22)21-18(14-7-2-3-8-14)17-11-6-12-24-17/h4-6,9-12,14,18H,2-3,7-8,13H2,1H3,(H2,20,21,22). The Labute approximate surface area is 147 Å². The van der Waals surface area contributed by atoms with Gasteiger partial charge in [0, 0.05) is 23.2 Å². The molecule has 1 aromatic heterocycles. The van der Waals surface area contributed by atoms with Crippen LogP contribution in [0, 0.1) is 5.92 Å². The normalized spacial score (nSPS) is 16.0. The summed E-state index contributed by atoms with van der Waals surface area (Å²) < 4.78 is 5.20. The van der Waals surface area contributed by atoms with Gasteiger partial charge in [0.25, 0.3) is 0 Å². The number of urea groups is 1. The van der Waals surface area contributed by atoms with Crippen LogP contribution in [0.5, 0.6) is 0 Å². The Hall–Kier alpha value is -1.85. The molecule has 0 bridgehead atoms. The topological polar surface area (TPSA) is 50.4 Å². The van der Waals surface area contributed by atoms with Crippen molar-refractivity contribution < 1.29 is 9.53 Å². The minimum absolute atomic E-state index is 0.0992. The molecule has 1 saturated carbocycles. The van der Waals surface area contributed by atoms with Gasteiger partial charge in [-0.1, -0.05) is 37.1 Å². The highest BCUT2D eigenvalue weighted by Crippen LogP contribution is 2.37. The highest BCUT2D eigenvalue weighted by Gasteiger charge is 2.28. The molecule has 3 rings (SSSR count). The van der Waals surface area contributed by atoms with Crippen molar-refractivity contribution in [3.05, 3.63) is 52.2 Å². The molecule has 1 atom stereocenters. The second kappa shape index (κ2) is 8.31. The maximum atomic E-state index is 12.6. The zero-order chi connectivity index (χ0) is 16.8. The second-order valence-electron chi connectivity index (χ2n) is 6.23. The van der Waals surface area contributed by atoms with Crippen LogP contribution < -0.4 is 10.6 Å². The van der Waals surface area contributed by atoms with Crippen molar-refractivity contribution in [3.8, 4) is 0 Å². The van der Waals surface area contributed by atoms with E-state index in [2.05, 4.69) is 28.1 Å². The summed E-state index contributed by atoms with van der Waals surface area (Å²) in [5, 5.41) is 8.26. The summed E-state index contributed by atoms with van der Waals surface area (Å²) in [4.78, 5) is 13.8. The number of methoxy groups -OCH3 is 1. The van der Waals surface area contributed by atoms with Gasteiger partial charge in [0.05, 0.1) is 12.6 Å². The van der Waals surface area contributed by atoms with Crippen molar-refractivity contribution in [3.63, 3.8) is 0 Å². The average Bonchev–Trinajstić information content (AvgIpc) is 3.29. The fraction of sp³-hybridized carbons (Fsp3) is 0.421. The molecule has 0 saturated heterocycles. The van der Waals surface area contributed by atoms with Crippen LogP contribution in [-0.2, 0) is 11.3 Å². The van der Waals surface area contributed by atoms with E-state index in [0.29, 0.717) is 12.5 Å². The van der Waals surface area contributed by atoms with Crippen LogP contribution in [-0.4, -0.2) is 13.1 Å². The number of ether oxygens (including phenoxy) is 1. The molecule has 1 fully saturated rings. The van der Waals surface area contributed by atoms with Crippen LogP contribution in [0.25, 0.3) is 0 Å². The third kappa shape index (κ3) is 4.16. The quantitative estimate of drug-likeness (QED) is 0.779. The molecule has 4 nitrogen and oxygen atoms in total. The van der Waals surface area contributed by atoms with Crippen molar-refractivity contribution in [1.82, 2.24) is 5.32 Å². The summed E-state index contributed by atoms with van der Waals surface area (Å²) in [6.45, 7) is 0.480.